The molecule has 0 radical (unpaired) electrons. The third-order valence-corrected chi connectivity index (χ3v) is 26.4. The fraction of sp³-hybridized carbons (Fsp3) is 0.562. The molecule has 2 bridgehead atoms. The molecule has 54 heteroatoms. The van der Waals surface area contributed by atoms with Gasteiger partial charge in [0.25, 0.3) is 5.91 Å². The van der Waals surface area contributed by atoms with E-state index in [9.17, 15) is 58.2 Å². The topological polar surface area (TPSA) is 910 Å². The highest BCUT2D eigenvalue weighted by atomic mass is 32.2. The number of nitrogens with two attached hydrogens (primary N) is 8. The molecule has 19 atom stereocenters. The molecule has 826 valence electrons. The van der Waals surface area contributed by atoms with Crippen molar-refractivity contribution in [3.8, 4) is 0 Å². The number of nitrogens with one attached hydrogen (secondary N) is 21. The molecule has 53 nitrogen and oxygen atoms in total. The minimum Gasteiger partial charge on any atom is -0.455 e. The summed E-state index contributed by atoms with van der Waals surface area (Å²) < 4.78 is 37.0. The zero-order chi connectivity index (χ0) is 111. The van der Waals surface area contributed by atoms with E-state index in [2.05, 4.69) is 79.8 Å². The van der Waals surface area contributed by atoms with Crippen molar-refractivity contribution in [2.75, 3.05) is 63.9 Å². The Kier molecular flexibility index (Phi) is 50.1. The molecule has 1 saturated heterocycles. The van der Waals surface area contributed by atoms with Gasteiger partial charge < -0.3 is 170 Å². The second-order valence-corrected chi connectivity index (χ2v) is 37.7. The number of carbonyl (C=O) groups is 15. The van der Waals surface area contributed by atoms with Gasteiger partial charge in [0.05, 0.1) is 41.4 Å². The first kappa shape index (κ1) is 123. The van der Waals surface area contributed by atoms with E-state index < -0.39 is 263 Å². The van der Waals surface area contributed by atoms with Crippen LogP contribution >= 0.6 is 11.8 Å². The van der Waals surface area contributed by atoms with Gasteiger partial charge in [-0.15, -0.1) is 11.8 Å². The number of Topliss-reactive ketones (excluding diaryl/α,β-unsaturated/α-hetero) is 1. The Labute approximate surface area is 872 Å². The molecule has 1 aliphatic heterocycles. The molecule has 3 aromatic carbocycles. The molecule has 1 heterocycles. The number of aliphatic hydroxyl groups is 2. The lowest BCUT2D eigenvalue weighted by atomic mass is 9.48. The summed E-state index contributed by atoms with van der Waals surface area (Å²) in [5.41, 5.74) is 38.3. The summed E-state index contributed by atoms with van der Waals surface area (Å²) in [6.45, 7) is 9.58. The molecule has 7 rings (SSSR count). The van der Waals surface area contributed by atoms with Gasteiger partial charge in [0, 0.05) is 89.6 Å². The number of ether oxygens (including phenoxy) is 6. The largest absolute Gasteiger partial charge is 0.455 e. The van der Waals surface area contributed by atoms with E-state index in [-0.39, 0.29) is 183 Å². The Morgan fingerprint density at radius 2 is 0.900 bits per heavy atom. The molecule has 3 aliphatic carbocycles. The minimum atomic E-state index is -2.54. The van der Waals surface area contributed by atoms with Gasteiger partial charge in [-0.1, -0.05) is 87.5 Å². The summed E-state index contributed by atoms with van der Waals surface area (Å²) in [6.07, 6.45) is -14.1. The Hall–Kier alpha value is -15.2. The van der Waals surface area contributed by atoms with Crippen molar-refractivity contribution in [2.45, 2.75) is 260 Å². The van der Waals surface area contributed by atoms with Crippen molar-refractivity contribution < 1.29 is 111 Å². The van der Waals surface area contributed by atoms with Crippen LogP contribution in [-0.4, -0.2) is 301 Å². The van der Waals surface area contributed by atoms with E-state index in [4.69, 9.17) is 112 Å². The molecule has 150 heavy (non-hydrogen) atoms. The summed E-state index contributed by atoms with van der Waals surface area (Å²) in [4.78, 5) is 219. The summed E-state index contributed by atoms with van der Waals surface area (Å²) in [6, 6.07) is 11.2. The Bertz CT molecular complexity index is 5250. The van der Waals surface area contributed by atoms with E-state index in [1.54, 1.807) is 54.6 Å². The lowest BCUT2D eigenvalue weighted by Crippen LogP contribution is -2.80. The number of amides is 9. The summed E-state index contributed by atoms with van der Waals surface area (Å²) in [5, 5.41) is 121. The third-order valence-electron chi connectivity index (χ3n) is 25.3. The van der Waals surface area contributed by atoms with Crippen LogP contribution in [0.25, 0.3) is 5.32 Å². The van der Waals surface area contributed by atoms with Gasteiger partial charge in [0.2, 0.25) is 53.4 Å². The van der Waals surface area contributed by atoms with Crippen LogP contribution in [0.2, 0.25) is 0 Å². The van der Waals surface area contributed by atoms with Gasteiger partial charge in [0.15, 0.2) is 53.2 Å². The van der Waals surface area contributed by atoms with Gasteiger partial charge in [-0.3, -0.25) is 94.8 Å². The standard InChI is InChI=1S/C94H142N30O23S.C2H6/c1-49(46-148-47-68(128)145-70(64(42-53-22-9-6-10-23-53)124-76(132)54-24-11-7-12-25-54)84(140)144-65-45-93(141)44-56(50(65)2)69(143-51(3)125)72(129)92(5)66(127)43-67-94(48-142-67,147-52(4)126)71(92)73(93)146-83(139)55-26-13-8-14-27-55)75(131)118-58(29-16-36-111-86(98)99)78(134)120-60(31-18-38-113-88(102)103)80(136)122-62(33-20-40-115-90(106)107)82(138)123-63(34-21-41-116-91(108)109)81(137)121-61(32-19-39-114-89(104)105)79(135)119-59(30-17-37-112-87(100)101)77(133)117-57(74(95)130)28-15-35-110-85(96)97;1-2/h6-14,22-27,49,57-67,69-71,73,127,141H,15-21,28-48H2,1-5H3,(H38,95,96,97,98,99,100,101,102,103,104,105,106,107,108,109,110,111,112,113,114,115,116,117,118,119,120,121,122,123,124,130,131,132,133,134,135,136,137,138);1-2H3/p-1/t49-,57+,58+,59+,60+,61+,62+,63+,64-,65-,66-,67+,69+,70+,71-,73-,92+,93+,94-;/m0./s1. The van der Waals surface area contributed by atoms with Crippen LogP contribution in [-0.2, 0) is 97.2 Å². The number of aliphatic hydroxyl groups excluding tert-OH is 1. The Morgan fingerprint density at radius 1 is 0.513 bits per heavy atom. The molecule has 9 amide bonds. The number of fused-ring (bicyclic) bond motifs is 5. The van der Waals surface area contributed by atoms with Crippen LogP contribution in [0.5, 0.6) is 0 Å². The van der Waals surface area contributed by atoms with Crippen molar-refractivity contribution in [1.82, 2.24) is 74.4 Å². The number of ketones is 1. The number of rotatable bonds is 59. The molecule has 3 fully saturated rings. The molecule has 2 saturated carbocycles. The smallest absolute Gasteiger partial charge is 0.350 e. The molecule has 3 aromatic rings. The second-order valence-electron chi connectivity index (χ2n) is 36.6. The molecule has 0 aromatic heterocycles. The van der Waals surface area contributed by atoms with Crippen molar-refractivity contribution in [1.29, 1.82) is 37.9 Å². The summed E-state index contributed by atoms with van der Waals surface area (Å²) >= 11 is 0.810. The van der Waals surface area contributed by atoms with Gasteiger partial charge in [0.1, 0.15) is 66.2 Å². The van der Waals surface area contributed by atoms with Crippen LogP contribution in [0.1, 0.15) is 184 Å². The highest BCUT2D eigenvalue weighted by Gasteiger charge is 2.76. The number of guanidine groups is 7. The summed E-state index contributed by atoms with van der Waals surface area (Å²) in [5.74, 6) is -21.9. The average molecular weight is 2120 g/mol. The fourth-order valence-electron chi connectivity index (χ4n) is 17.8. The fourth-order valence-corrected chi connectivity index (χ4v) is 18.6. The zero-order valence-corrected chi connectivity index (χ0v) is 86.0. The molecular weight excluding hydrogens is 1970 g/mol. The van der Waals surface area contributed by atoms with E-state index >= 15 is 24.0 Å². The second kappa shape index (κ2) is 60.9. The summed E-state index contributed by atoms with van der Waals surface area (Å²) in [7, 11) is 0. The van der Waals surface area contributed by atoms with E-state index in [1.165, 1.54) is 57.2 Å². The van der Waals surface area contributed by atoms with Gasteiger partial charge in [-0.05, 0) is 164 Å². The molecule has 4 aliphatic rings. The van der Waals surface area contributed by atoms with Crippen molar-refractivity contribution in [2.24, 2.45) is 63.1 Å². The monoisotopic (exact) mass is 2120 g/mol. The Morgan fingerprint density at radius 3 is 1.28 bits per heavy atom. The van der Waals surface area contributed by atoms with Crippen LogP contribution in [0.3, 0.4) is 0 Å². The zero-order valence-electron chi connectivity index (χ0n) is 85.1. The van der Waals surface area contributed by atoms with Gasteiger partial charge in [-0.25, -0.2) is 9.59 Å². The molecule has 0 spiro atoms. The van der Waals surface area contributed by atoms with Crippen molar-refractivity contribution in [3.63, 3.8) is 0 Å². The van der Waals surface area contributed by atoms with Gasteiger partial charge in [-0.2, -0.15) is 0 Å². The highest BCUT2D eigenvalue weighted by Crippen LogP contribution is 2.61. The van der Waals surface area contributed by atoms with Crippen molar-refractivity contribution in [3.05, 3.63) is 124 Å². The van der Waals surface area contributed by atoms with E-state index in [1.807, 2.05) is 13.8 Å². The minimum absolute atomic E-state index is 0.00829. The predicted molar refractivity (Wildman–Crippen MR) is 552 cm³/mol. The molecule has 0 unspecified atom stereocenters. The van der Waals surface area contributed by atoms with Crippen molar-refractivity contribution >= 4 is 142 Å². The van der Waals surface area contributed by atoms with E-state index in [0.29, 0.717) is 5.56 Å². The number of hydrogen-bond donors (Lipinski definition) is 31. The highest BCUT2D eigenvalue weighted by molar-refractivity contribution is 7.99. The number of nitrogens with zero attached hydrogens (tertiary/aromatic N) is 1. The quantitative estimate of drug-likeness (QED) is 0.00649. The average Bonchev–Trinajstić information content (AvgIpc) is 0.676. The Balaban J connectivity index is 0.0000171. The normalized spacial score (nSPS) is 20.6. The first-order chi connectivity index (χ1) is 71.1. The maximum atomic E-state index is 15.9. The first-order valence-corrected chi connectivity index (χ1v) is 50.4. The number of hydrogen-bond acceptors (Lipinski definition) is 31. The van der Waals surface area contributed by atoms with Crippen LogP contribution < -0.4 is 120 Å². The van der Waals surface area contributed by atoms with E-state index in [0.717, 1.165) is 25.6 Å². The maximum absolute atomic E-state index is 15.9. The number of thioether (sulfide) groups is 1. The van der Waals surface area contributed by atoms with Gasteiger partial charge >= 0.3 is 29.8 Å². The number of carbonyl (C=O) groups excluding carboxylic acids is 15. The first-order valence-electron chi connectivity index (χ1n) is 49.2. The molecular formula is C96H147N30O23S-. The third kappa shape index (κ3) is 38.5. The van der Waals surface area contributed by atoms with Crippen LogP contribution in [0.4, 0.5) is 0 Å². The number of primary amides is 1. The predicted octanol–water partition coefficient (Wildman–Crippen LogP) is -3.58. The lowest BCUT2D eigenvalue weighted by Gasteiger charge is -2.65. The van der Waals surface area contributed by atoms with Crippen LogP contribution in [0, 0.1) is 55.1 Å². The molecule has 39 N–H and O–H groups in total. The maximum Gasteiger partial charge on any atom is 0.350 e. The number of benzene rings is 3. The lowest BCUT2D eigenvalue weighted by molar-refractivity contribution is -0.340. The SMILES string of the molecule is CC.CC(=O)O[C@H]1C(=O)[C@@]2(C)[C@H]([C@H](OC(=O)c3ccccc3)[C@@]3(O)CC1=C(C)[C@@H](OC(=O)[C@H](OC(=O)CSC[C@H](C)C(=O)N[C@H](CCCNC(=N)N)C(=O)N[C@H](CCCNC(=N)N)C(=O)N[C@H](CCCNC(=N)N)C(=O)N[C@H](CCCNC(=N)N)C(=O)N[C@H](CCC[N-]C(=N)N)C(=O)N[C@H](CCCNC(=N)N)C(=O)N[C@H](CCCNC(=N)N)C(N)=O)[C@H](Cc1ccccc1)NC(=O)c1ccccc1)C3)[C@]1(OC(C)=O)CO[C@@H]1C[C@@H]2O. The van der Waals surface area contributed by atoms with Crippen LogP contribution in [0.15, 0.2) is 102 Å². The number of esters is 5.